The van der Waals surface area contributed by atoms with Crippen molar-refractivity contribution >= 4 is 17.2 Å². The maximum absolute atomic E-state index is 12.5. The number of carbonyl (C=O) groups excluding carboxylic acids is 1. The van der Waals surface area contributed by atoms with E-state index >= 15 is 0 Å². The molecule has 30 heavy (non-hydrogen) atoms. The minimum absolute atomic E-state index is 0.114. The molecular weight excluding hydrogens is 417 g/mol. The molecule has 0 radical (unpaired) electrons. The fourth-order valence-corrected chi connectivity index (χ4v) is 3.09. The molecule has 0 bridgehead atoms. The smallest absolute Gasteiger partial charge is 0.422 e. The standard InChI is InChI=1S/C21H19F3N2O3S/c1-14(15-2-6-19(7-3-15)29-12-21(22,23)24)26-20(27)16-4-8-18(9-5-16)28-10-17-11-30-13-25-17/h2-9,11,13-14H,10,12H2,1H3,(H,26,27). The molecule has 1 aromatic heterocycles. The van der Waals surface area contributed by atoms with Crippen molar-refractivity contribution in [3.63, 3.8) is 0 Å². The van der Waals surface area contributed by atoms with Crippen LogP contribution in [0.2, 0.25) is 0 Å². The normalized spacial score (nSPS) is 12.3. The van der Waals surface area contributed by atoms with E-state index in [0.29, 0.717) is 17.9 Å². The molecule has 0 aliphatic carbocycles. The quantitative estimate of drug-likeness (QED) is 0.530. The molecule has 0 aliphatic heterocycles. The lowest BCUT2D eigenvalue weighted by atomic mass is 10.1. The molecule has 9 heteroatoms. The first kappa shape index (κ1) is 21.6. The van der Waals surface area contributed by atoms with Crippen LogP contribution in [0.1, 0.15) is 34.6 Å². The van der Waals surface area contributed by atoms with Crippen molar-refractivity contribution in [2.24, 2.45) is 0 Å². The second-order valence-electron chi connectivity index (χ2n) is 6.46. The molecule has 0 fully saturated rings. The van der Waals surface area contributed by atoms with Crippen molar-refractivity contribution in [3.05, 3.63) is 76.2 Å². The van der Waals surface area contributed by atoms with E-state index in [-0.39, 0.29) is 17.7 Å². The highest BCUT2D eigenvalue weighted by Gasteiger charge is 2.28. The summed E-state index contributed by atoms with van der Waals surface area (Å²) in [6, 6.07) is 12.5. The van der Waals surface area contributed by atoms with Crippen molar-refractivity contribution in [3.8, 4) is 11.5 Å². The summed E-state index contributed by atoms with van der Waals surface area (Å²) in [6.07, 6.45) is -4.39. The van der Waals surface area contributed by atoms with Crippen LogP contribution in [0.4, 0.5) is 13.2 Å². The average molecular weight is 436 g/mol. The number of benzene rings is 2. The van der Waals surface area contributed by atoms with E-state index in [0.717, 1.165) is 11.3 Å². The van der Waals surface area contributed by atoms with Crippen LogP contribution in [-0.2, 0) is 6.61 Å². The summed E-state index contributed by atoms with van der Waals surface area (Å²) in [4.78, 5) is 16.6. The highest BCUT2D eigenvalue weighted by Crippen LogP contribution is 2.21. The molecule has 0 spiro atoms. The van der Waals surface area contributed by atoms with E-state index in [1.165, 1.54) is 23.5 Å². The number of carbonyl (C=O) groups is 1. The van der Waals surface area contributed by atoms with Gasteiger partial charge in [-0.15, -0.1) is 11.3 Å². The Kier molecular flexibility index (Phi) is 6.94. The van der Waals surface area contributed by atoms with E-state index in [4.69, 9.17) is 4.74 Å². The topological polar surface area (TPSA) is 60.5 Å². The van der Waals surface area contributed by atoms with E-state index in [1.54, 1.807) is 48.8 Å². The Hall–Kier alpha value is -3.07. The molecule has 3 aromatic rings. The van der Waals surface area contributed by atoms with Gasteiger partial charge in [-0.2, -0.15) is 13.2 Å². The first-order valence-corrected chi connectivity index (χ1v) is 9.95. The number of halogens is 3. The number of thiazole rings is 1. The molecule has 0 aliphatic rings. The molecule has 1 unspecified atom stereocenters. The second kappa shape index (κ2) is 9.62. The number of nitrogens with one attached hydrogen (secondary N) is 1. The summed E-state index contributed by atoms with van der Waals surface area (Å²) in [5.74, 6) is 0.468. The number of alkyl halides is 3. The number of hydrogen-bond donors (Lipinski definition) is 1. The Bertz CT molecular complexity index is 943. The molecule has 5 nitrogen and oxygen atoms in total. The fraction of sp³-hybridized carbons (Fsp3) is 0.238. The number of rotatable bonds is 8. The lowest BCUT2D eigenvalue weighted by molar-refractivity contribution is -0.153. The largest absolute Gasteiger partial charge is 0.487 e. The predicted octanol–water partition coefficient (Wildman–Crippen LogP) is 5.15. The van der Waals surface area contributed by atoms with Gasteiger partial charge in [-0.1, -0.05) is 12.1 Å². The van der Waals surface area contributed by atoms with Gasteiger partial charge in [-0.3, -0.25) is 4.79 Å². The van der Waals surface area contributed by atoms with Crippen molar-refractivity contribution in [2.45, 2.75) is 25.7 Å². The van der Waals surface area contributed by atoms with Gasteiger partial charge in [0.2, 0.25) is 0 Å². The van der Waals surface area contributed by atoms with Gasteiger partial charge in [0.25, 0.3) is 5.91 Å². The van der Waals surface area contributed by atoms with Crippen LogP contribution in [0.15, 0.2) is 59.4 Å². The van der Waals surface area contributed by atoms with Gasteiger partial charge in [0, 0.05) is 10.9 Å². The van der Waals surface area contributed by atoms with Crippen LogP contribution in [0.25, 0.3) is 0 Å². The van der Waals surface area contributed by atoms with E-state index < -0.39 is 12.8 Å². The Morgan fingerprint density at radius 2 is 1.70 bits per heavy atom. The van der Waals surface area contributed by atoms with Gasteiger partial charge in [0.15, 0.2) is 6.61 Å². The lowest BCUT2D eigenvalue weighted by Gasteiger charge is -2.15. The second-order valence-corrected chi connectivity index (χ2v) is 7.18. The van der Waals surface area contributed by atoms with Crippen LogP contribution in [0.3, 0.4) is 0 Å². The molecule has 158 valence electrons. The van der Waals surface area contributed by atoms with Crippen LogP contribution < -0.4 is 14.8 Å². The monoisotopic (exact) mass is 436 g/mol. The van der Waals surface area contributed by atoms with Crippen LogP contribution >= 0.6 is 11.3 Å². The van der Waals surface area contributed by atoms with Crippen LogP contribution in [-0.4, -0.2) is 23.7 Å². The zero-order chi connectivity index (χ0) is 21.6. The van der Waals surface area contributed by atoms with Gasteiger partial charge in [0.05, 0.1) is 17.2 Å². The molecule has 1 heterocycles. The summed E-state index contributed by atoms with van der Waals surface area (Å²) in [6.45, 7) is 0.797. The lowest BCUT2D eigenvalue weighted by Crippen LogP contribution is -2.26. The molecule has 1 amide bonds. The zero-order valence-electron chi connectivity index (χ0n) is 16.0. The third-order valence-electron chi connectivity index (χ3n) is 4.12. The molecule has 3 rings (SSSR count). The van der Waals surface area contributed by atoms with Crippen molar-refractivity contribution in [1.29, 1.82) is 0 Å². The minimum atomic E-state index is -4.39. The Balaban J connectivity index is 1.52. The van der Waals surface area contributed by atoms with E-state index in [1.807, 2.05) is 5.38 Å². The highest BCUT2D eigenvalue weighted by atomic mass is 32.1. The highest BCUT2D eigenvalue weighted by molar-refractivity contribution is 7.07. The Morgan fingerprint density at radius 1 is 1.07 bits per heavy atom. The average Bonchev–Trinajstić information content (AvgIpc) is 3.24. The maximum atomic E-state index is 12.5. The number of aromatic nitrogens is 1. The van der Waals surface area contributed by atoms with Crippen molar-refractivity contribution in [1.82, 2.24) is 10.3 Å². The molecule has 0 saturated carbocycles. The zero-order valence-corrected chi connectivity index (χ0v) is 16.8. The third kappa shape index (κ3) is 6.48. The third-order valence-corrected chi connectivity index (χ3v) is 4.75. The molecule has 1 atom stereocenters. The maximum Gasteiger partial charge on any atom is 0.422 e. The molecule has 2 aromatic carbocycles. The summed E-state index contributed by atoms with van der Waals surface area (Å²) >= 11 is 1.49. The first-order chi connectivity index (χ1) is 14.3. The number of hydrogen-bond acceptors (Lipinski definition) is 5. The first-order valence-electron chi connectivity index (χ1n) is 9.00. The van der Waals surface area contributed by atoms with Crippen molar-refractivity contribution in [2.75, 3.05) is 6.61 Å². The van der Waals surface area contributed by atoms with Crippen molar-refractivity contribution < 1.29 is 27.4 Å². The Morgan fingerprint density at radius 3 is 2.30 bits per heavy atom. The van der Waals surface area contributed by atoms with E-state index in [9.17, 15) is 18.0 Å². The summed E-state index contributed by atoms with van der Waals surface area (Å²) in [5, 5.41) is 4.75. The van der Waals surface area contributed by atoms with E-state index in [2.05, 4.69) is 15.0 Å². The minimum Gasteiger partial charge on any atom is -0.487 e. The van der Waals surface area contributed by atoms with Gasteiger partial charge in [-0.05, 0) is 48.9 Å². The SMILES string of the molecule is CC(NC(=O)c1ccc(OCc2cscn2)cc1)c1ccc(OCC(F)(F)F)cc1. The molecule has 0 saturated heterocycles. The molecular formula is C21H19F3N2O3S. The van der Waals surface area contributed by atoms with Gasteiger partial charge in [0.1, 0.15) is 18.1 Å². The number of amides is 1. The fourth-order valence-electron chi connectivity index (χ4n) is 2.55. The predicted molar refractivity (Wildman–Crippen MR) is 107 cm³/mol. The summed E-state index contributed by atoms with van der Waals surface area (Å²) in [5.41, 5.74) is 3.78. The van der Waals surface area contributed by atoms with Crippen LogP contribution in [0, 0.1) is 0 Å². The van der Waals surface area contributed by atoms with Gasteiger partial charge < -0.3 is 14.8 Å². The Labute approximate surface area is 175 Å². The van der Waals surface area contributed by atoms with Crippen LogP contribution in [0.5, 0.6) is 11.5 Å². The van der Waals surface area contributed by atoms with Gasteiger partial charge in [-0.25, -0.2) is 4.98 Å². The number of nitrogens with zero attached hydrogens (tertiary/aromatic N) is 1. The summed E-state index contributed by atoms with van der Waals surface area (Å²) < 4.78 is 46.9. The molecule has 1 N–H and O–H groups in total. The van der Waals surface area contributed by atoms with Gasteiger partial charge >= 0.3 is 6.18 Å². The summed E-state index contributed by atoms with van der Waals surface area (Å²) in [7, 11) is 0. The number of ether oxygens (including phenoxy) is 2.